The lowest BCUT2D eigenvalue weighted by Gasteiger charge is -2.18. The predicted molar refractivity (Wildman–Crippen MR) is 75.6 cm³/mol. The second-order valence-electron chi connectivity index (χ2n) is 4.87. The summed E-state index contributed by atoms with van der Waals surface area (Å²) in [7, 11) is 1.89. The first kappa shape index (κ1) is 13.7. The molecule has 0 radical (unpaired) electrons. The van der Waals surface area contributed by atoms with Gasteiger partial charge in [0.15, 0.2) is 0 Å². The number of hydrogen-bond donors (Lipinski definition) is 1. The van der Waals surface area contributed by atoms with Crippen LogP contribution in [0.2, 0.25) is 0 Å². The molecular weight excluding hydrogens is 239 g/mol. The summed E-state index contributed by atoms with van der Waals surface area (Å²) < 4.78 is 13.5. The number of nitrogens with zero attached hydrogens (tertiary/aromatic N) is 1. The third-order valence-electron chi connectivity index (χ3n) is 3.33. The average molecular weight is 258 g/mol. The molecule has 2 aromatic rings. The van der Waals surface area contributed by atoms with E-state index in [4.69, 9.17) is 0 Å². The van der Waals surface area contributed by atoms with Crippen LogP contribution in [0.15, 0.2) is 36.5 Å². The van der Waals surface area contributed by atoms with Gasteiger partial charge in [0.1, 0.15) is 5.82 Å². The molecule has 0 aliphatic carbocycles. The summed E-state index contributed by atoms with van der Waals surface area (Å²) in [6.45, 7) is 3.96. The van der Waals surface area contributed by atoms with Crippen molar-refractivity contribution in [1.29, 1.82) is 0 Å². The van der Waals surface area contributed by atoms with Crippen molar-refractivity contribution < 1.29 is 4.39 Å². The molecule has 0 bridgehead atoms. The van der Waals surface area contributed by atoms with E-state index in [1.165, 1.54) is 0 Å². The van der Waals surface area contributed by atoms with Gasteiger partial charge in [-0.15, -0.1) is 0 Å². The fourth-order valence-corrected chi connectivity index (χ4v) is 2.28. The van der Waals surface area contributed by atoms with Crippen molar-refractivity contribution in [2.45, 2.75) is 26.3 Å². The van der Waals surface area contributed by atoms with E-state index in [0.29, 0.717) is 0 Å². The Bertz CT molecular complexity index is 546. The Morgan fingerprint density at radius 2 is 2.05 bits per heavy atom. The van der Waals surface area contributed by atoms with Crippen molar-refractivity contribution in [3.05, 3.63) is 64.7 Å². The van der Waals surface area contributed by atoms with Crippen LogP contribution in [0.25, 0.3) is 0 Å². The summed E-state index contributed by atoms with van der Waals surface area (Å²) in [5.74, 6) is -0.187. The van der Waals surface area contributed by atoms with Crippen LogP contribution < -0.4 is 5.32 Å². The van der Waals surface area contributed by atoms with E-state index >= 15 is 0 Å². The van der Waals surface area contributed by atoms with Gasteiger partial charge in [-0.1, -0.05) is 12.1 Å². The van der Waals surface area contributed by atoms with Crippen molar-refractivity contribution >= 4 is 0 Å². The number of hydrogen-bond acceptors (Lipinski definition) is 2. The third kappa shape index (κ3) is 3.38. The quantitative estimate of drug-likeness (QED) is 0.909. The van der Waals surface area contributed by atoms with Gasteiger partial charge in [-0.25, -0.2) is 4.39 Å². The van der Waals surface area contributed by atoms with Crippen LogP contribution in [0.4, 0.5) is 4.39 Å². The van der Waals surface area contributed by atoms with E-state index in [1.54, 1.807) is 18.3 Å². The van der Waals surface area contributed by atoms with Crippen LogP contribution in [-0.2, 0) is 6.42 Å². The van der Waals surface area contributed by atoms with Crippen LogP contribution in [0.1, 0.15) is 28.4 Å². The number of nitrogens with one attached hydrogen (secondary N) is 1. The largest absolute Gasteiger partial charge is 0.313 e. The number of likely N-dealkylation sites (N-methyl/N-ethyl adjacent to an activating group) is 1. The van der Waals surface area contributed by atoms with Gasteiger partial charge in [-0.3, -0.25) is 4.98 Å². The Labute approximate surface area is 113 Å². The third-order valence-corrected chi connectivity index (χ3v) is 3.33. The molecule has 1 atom stereocenters. The first-order valence-corrected chi connectivity index (χ1v) is 6.45. The van der Waals surface area contributed by atoms with E-state index in [2.05, 4.69) is 10.3 Å². The fraction of sp³-hybridized carbons (Fsp3) is 0.312. The highest BCUT2D eigenvalue weighted by Crippen LogP contribution is 2.21. The standard InChI is InChI=1S/C16H19FN2/c1-11-7-13(9-14(17)8-11)16(18-3)10-15-12(2)5-4-6-19-15/h4-9,16,18H,10H2,1-3H3. The molecule has 1 N–H and O–H groups in total. The molecule has 19 heavy (non-hydrogen) atoms. The highest BCUT2D eigenvalue weighted by Gasteiger charge is 2.13. The minimum absolute atomic E-state index is 0.0722. The Morgan fingerprint density at radius 1 is 1.26 bits per heavy atom. The van der Waals surface area contributed by atoms with Crippen LogP contribution in [0, 0.1) is 19.7 Å². The van der Waals surface area contributed by atoms with Crippen molar-refractivity contribution in [3.8, 4) is 0 Å². The molecule has 0 aliphatic heterocycles. The van der Waals surface area contributed by atoms with E-state index in [1.807, 2.05) is 39.1 Å². The molecular formula is C16H19FN2. The SMILES string of the molecule is CNC(Cc1ncccc1C)c1cc(C)cc(F)c1. The molecule has 0 saturated carbocycles. The summed E-state index contributed by atoms with van der Waals surface area (Å²) in [4.78, 5) is 4.40. The van der Waals surface area contributed by atoms with E-state index in [9.17, 15) is 4.39 Å². The lowest BCUT2D eigenvalue weighted by molar-refractivity contribution is 0.569. The zero-order valence-electron chi connectivity index (χ0n) is 11.6. The zero-order chi connectivity index (χ0) is 13.8. The van der Waals surface area contributed by atoms with Crippen LogP contribution in [0.5, 0.6) is 0 Å². The van der Waals surface area contributed by atoms with Gasteiger partial charge < -0.3 is 5.32 Å². The average Bonchev–Trinajstić information content (AvgIpc) is 2.36. The van der Waals surface area contributed by atoms with Crippen LogP contribution in [0.3, 0.4) is 0 Å². The zero-order valence-corrected chi connectivity index (χ0v) is 11.6. The summed E-state index contributed by atoms with van der Waals surface area (Å²) >= 11 is 0. The maximum absolute atomic E-state index is 13.5. The highest BCUT2D eigenvalue weighted by atomic mass is 19.1. The molecule has 0 fully saturated rings. The maximum Gasteiger partial charge on any atom is 0.123 e. The summed E-state index contributed by atoms with van der Waals surface area (Å²) in [6, 6.07) is 9.20. The number of benzene rings is 1. The van der Waals surface area contributed by atoms with Crippen molar-refractivity contribution in [2.24, 2.45) is 0 Å². The van der Waals surface area contributed by atoms with E-state index < -0.39 is 0 Å². The maximum atomic E-state index is 13.5. The Balaban J connectivity index is 2.28. The number of halogens is 1. The molecule has 0 spiro atoms. The summed E-state index contributed by atoms with van der Waals surface area (Å²) in [5.41, 5.74) is 4.11. The van der Waals surface area contributed by atoms with Gasteiger partial charge in [-0.2, -0.15) is 0 Å². The van der Waals surface area contributed by atoms with Gasteiger partial charge in [0.2, 0.25) is 0 Å². The molecule has 0 saturated heterocycles. The molecule has 1 aromatic carbocycles. The first-order chi connectivity index (χ1) is 9.10. The summed E-state index contributed by atoms with van der Waals surface area (Å²) in [6.07, 6.45) is 2.55. The molecule has 0 amide bonds. The number of aryl methyl sites for hydroxylation is 2. The Hall–Kier alpha value is -1.74. The van der Waals surface area contributed by atoms with Crippen LogP contribution >= 0.6 is 0 Å². The van der Waals surface area contributed by atoms with Crippen molar-refractivity contribution in [3.63, 3.8) is 0 Å². The van der Waals surface area contributed by atoms with Gasteiger partial charge in [0.05, 0.1) is 0 Å². The number of rotatable bonds is 4. The molecule has 1 unspecified atom stereocenters. The molecule has 0 aliphatic rings. The number of aromatic nitrogens is 1. The number of pyridine rings is 1. The minimum atomic E-state index is -0.187. The van der Waals surface area contributed by atoms with Gasteiger partial charge in [0.25, 0.3) is 0 Å². The molecule has 3 heteroatoms. The topological polar surface area (TPSA) is 24.9 Å². The Morgan fingerprint density at radius 3 is 2.68 bits per heavy atom. The van der Waals surface area contributed by atoms with Crippen molar-refractivity contribution in [1.82, 2.24) is 10.3 Å². The van der Waals surface area contributed by atoms with E-state index in [-0.39, 0.29) is 11.9 Å². The monoisotopic (exact) mass is 258 g/mol. The highest BCUT2D eigenvalue weighted by molar-refractivity contribution is 5.28. The minimum Gasteiger partial charge on any atom is -0.313 e. The molecule has 1 heterocycles. The van der Waals surface area contributed by atoms with Crippen LogP contribution in [-0.4, -0.2) is 12.0 Å². The van der Waals surface area contributed by atoms with Gasteiger partial charge in [0, 0.05) is 24.4 Å². The van der Waals surface area contributed by atoms with Gasteiger partial charge >= 0.3 is 0 Å². The van der Waals surface area contributed by atoms with Gasteiger partial charge in [-0.05, 0) is 55.8 Å². The molecule has 2 nitrogen and oxygen atoms in total. The lowest BCUT2D eigenvalue weighted by atomic mass is 9.98. The molecule has 1 aromatic heterocycles. The fourth-order valence-electron chi connectivity index (χ4n) is 2.28. The van der Waals surface area contributed by atoms with E-state index in [0.717, 1.165) is 28.8 Å². The predicted octanol–water partition coefficient (Wildman–Crippen LogP) is 3.34. The second-order valence-corrected chi connectivity index (χ2v) is 4.87. The second kappa shape index (κ2) is 5.93. The van der Waals surface area contributed by atoms with Crippen molar-refractivity contribution in [2.75, 3.05) is 7.05 Å². The molecule has 2 rings (SSSR count). The smallest absolute Gasteiger partial charge is 0.123 e. The molecule has 100 valence electrons. The normalized spacial score (nSPS) is 12.4. The summed E-state index contributed by atoms with van der Waals surface area (Å²) in [5, 5.41) is 3.24. The first-order valence-electron chi connectivity index (χ1n) is 6.45. The lowest BCUT2D eigenvalue weighted by Crippen LogP contribution is -2.20. The Kier molecular flexibility index (Phi) is 4.27.